The van der Waals surface area contributed by atoms with E-state index in [-0.39, 0.29) is 24.9 Å². The third-order valence-electron chi connectivity index (χ3n) is 2.46. The molecule has 1 aromatic carbocycles. The van der Waals surface area contributed by atoms with E-state index in [0.29, 0.717) is 0 Å². The van der Waals surface area contributed by atoms with Crippen LogP contribution in [-0.2, 0) is 4.79 Å². The van der Waals surface area contributed by atoms with Crippen molar-refractivity contribution in [1.82, 2.24) is 20.1 Å². The lowest BCUT2D eigenvalue weighted by molar-refractivity contribution is -0.115. The van der Waals surface area contributed by atoms with Crippen LogP contribution in [0.5, 0.6) is 0 Å². The molecular weight excluding hydrogens is 266 g/mol. The zero-order valence-electron chi connectivity index (χ0n) is 10.8. The third kappa shape index (κ3) is 3.77. The van der Waals surface area contributed by atoms with Gasteiger partial charge in [-0.25, -0.2) is 0 Å². The minimum absolute atomic E-state index is 0. The fourth-order valence-electron chi connectivity index (χ4n) is 1.65. The molecule has 0 fully saturated rings. The maximum atomic E-state index is 11.5. The van der Waals surface area contributed by atoms with Crippen LogP contribution in [0.3, 0.4) is 0 Å². The van der Waals surface area contributed by atoms with Gasteiger partial charge < -0.3 is 10.6 Å². The van der Waals surface area contributed by atoms with Gasteiger partial charge in [0.15, 0.2) is 0 Å². The van der Waals surface area contributed by atoms with Crippen LogP contribution in [0.2, 0.25) is 0 Å². The van der Waals surface area contributed by atoms with Crippen molar-refractivity contribution < 1.29 is 4.79 Å². The van der Waals surface area contributed by atoms with Crippen molar-refractivity contribution in [2.75, 3.05) is 18.9 Å². The maximum absolute atomic E-state index is 11.5. The molecule has 1 amide bonds. The quantitative estimate of drug-likeness (QED) is 0.882. The number of aromatic nitrogens is 3. The summed E-state index contributed by atoms with van der Waals surface area (Å²) in [7, 11) is 1.73. The van der Waals surface area contributed by atoms with Gasteiger partial charge in [-0.1, -0.05) is 6.07 Å². The number of hydrogen-bond acceptors (Lipinski definition) is 4. The van der Waals surface area contributed by atoms with Crippen molar-refractivity contribution in [1.29, 1.82) is 0 Å². The van der Waals surface area contributed by atoms with E-state index in [0.717, 1.165) is 17.2 Å². The molecule has 0 bridgehead atoms. The van der Waals surface area contributed by atoms with Crippen LogP contribution >= 0.6 is 12.4 Å². The molecule has 0 aliphatic heterocycles. The number of nitrogens with zero attached hydrogens (tertiary/aromatic N) is 3. The number of rotatable bonds is 4. The second-order valence-corrected chi connectivity index (χ2v) is 3.88. The normalized spacial score (nSPS) is 9.79. The topological polar surface area (TPSA) is 71.8 Å². The number of halogens is 1. The van der Waals surface area contributed by atoms with Gasteiger partial charge in [0, 0.05) is 5.69 Å². The summed E-state index contributed by atoms with van der Waals surface area (Å²) >= 11 is 0. The largest absolute Gasteiger partial charge is 0.325 e. The van der Waals surface area contributed by atoms with Crippen LogP contribution in [0.4, 0.5) is 5.69 Å². The first kappa shape index (κ1) is 15.1. The molecule has 0 unspecified atom stereocenters. The van der Waals surface area contributed by atoms with Gasteiger partial charge in [-0.2, -0.15) is 0 Å². The molecule has 19 heavy (non-hydrogen) atoms. The fourth-order valence-corrected chi connectivity index (χ4v) is 1.65. The average Bonchev–Trinajstić information content (AvgIpc) is 2.76. The minimum Gasteiger partial charge on any atom is -0.325 e. The smallest absolute Gasteiger partial charge is 0.238 e. The summed E-state index contributed by atoms with van der Waals surface area (Å²) in [6.45, 7) is 2.16. The monoisotopic (exact) mass is 281 g/mol. The first-order valence-electron chi connectivity index (χ1n) is 5.62. The van der Waals surface area contributed by atoms with Crippen LogP contribution in [0, 0.1) is 6.92 Å². The lowest BCUT2D eigenvalue weighted by Crippen LogP contribution is -2.25. The summed E-state index contributed by atoms with van der Waals surface area (Å²) in [6.07, 6.45) is 1.64. The molecule has 2 aromatic rings. The first-order valence-corrected chi connectivity index (χ1v) is 5.62. The molecule has 0 aliphatic rings. The standard InChI is InChI=1S/C12H15N5O.ClH/c1-9-16-14-8-17(9)11-5-3-4-10(6-11)15-12(18)7-13-2;/h3-6,8,13H,7H2,1-2H3,(H,15,18);1H. The summed E-state index contributed by atoms with van der Waals surface area (Å²) in [5.41, 5.74) is 1.67. The van der Waals surface area contributed by atoms with Crippen molar-refractivity contribution in [3.63, 3.8) is 0 Å². The second-order valence-electron chi connectivity index (χ2n) is 3.88. The molecule has 0 saturated carbocycles. The Morgan fingerprint density at radius 2 is 2.21 bits per heavy atom. The van der Waals surface area contributed by atoms with Crippen molar-refractivity contribution in [3.05, 3.63) is 36.4 Å². The number of anilines is 1. The molecule has 2 rings (SSSR count). The predicted molar refractivity (Wildman–Crippen MR) is 75.9 cm³/mol. The van der Waals surface area contributed by atoms with E-state index in [1.165, 1.54) is 0 Å². The molecule has 6 nitrogen and oxygen atoms in total. The van der Waals surface area contributed by atoms with Crippen molar-refractivity contribution in [3.8, 4) is 5.69 Å². The number of amides is 1. The molecule has 7 heteroatoms. The molecule has 102 valence electrons. The molecular formula is C12H16ClN5O. The third-order valence-corrected chi connectivity index (χ3v) is 2.46. The van der Waals surface area contributed by atoms with Gasteiger partial charge in [0.2, 0.25) is 5.91 Å². The summed E-state index contributed by atoms with van der Waals surface area (Å²) < 4.78 is 1.85. The number of carbonyl (C=O) groups excluding carboxylic acids is 1. The zero-order chi connectivity index (χ0) is 13.0. The molecule has 1 heterocycles. The summed E-state index contributed by atoms with van der Waals surface area (Å²) in [4.78, 5) is 11.5. The number of aryl methyl sites for hydroxylation is 1. The van der Waals surface area contributed by atoms with Crippen LogP contribution in [0.15, 0.2) is 30.6 Å². The summed E-state index contributed by atoms with van der Waals surface area (Å²) in [6, 6.07) is 7.54. The highest BCUT2D eigenvalue weighted by Gasteiger charge is 2.04. The molecule has 0 atom stereocenters. The Bertz CT molecular complexity index is 555. The van der Waals surface area contributed by atoms with Gasteiger partial charge in [0.1, 0.15) is 12.2 Å². The van der Waals surface area contributed by atoms with Crippen LogP contribution in [0.1, 0.15) is 5.82 Å². The average molecular weight is 282 g/mol. The highest BCUT2D eigenvalue weighted by molar-refractivity contribution is 5.92. The van der Waals surface area contributed by atoms with E-state index in [4.69, 9.17) is 0 Å². The van der Waals surface area contributed by atoms with Gasteiger partial charge in [0.25, 0.3) is 0 Å². The summed E-state index contributed by atoms with van der Waals surface area (Å²) in [5, 5.41) is 13.4. The molecule has 0 aliphatic carbocycles. The van der Waals surface area contributed by atoms with Crippen LogP contribution in [0.25, 0.3) is 5.69 Å². The Hall–Kier alpha value is -1.92. The van der Waals surface area contributed by atoms with Gasteiger partial charge in [-0.05, 0) is 32.2 Å². The molecule has 2 N–H and O–H groups in total. The second kappa shape index (κ2) is 6.86. The lowest BCUT2D eigenvalue weighted by atomic mass is 10.2. The van der Waals surface area contributed by atoms with Crippen molar-refractivity contribution >= 4 is 24.0 Å². The van der Waals surface area contributed by atoms with Gasteiger partial charge in [-0.3, -0.25) is 9.36 Å². The summed E-state index contributed by atoms with van der Waals surface area (Å²) in [5.74, 6) is 0.726. The Balaban J connectivity index is 0.00000180. The fraction of sp³-hybridized carbons (Fsp3) is 0.250. The Labute approximate surface area is 117 Å². The van der Waals surface area contributed by atoms with Gasteiger partial charge in [-0.15, -0.1) is 22.6 Å². The highest BCUT2D eigenvalue weighted by Crippen LogP contribution is 2.15. The van der Waals surface area contributed by atoms with E-state index >= 15 is 0 Å². The van der Waals surface area contributed by atoms with E-state index in [2.05, 4.69) is 20.8 Å². The van der Waals surface area contributed by atoms with E-state index < -0.39 is 0 Å². The Kier molecular flexibility index (Phi) is 5.47. The van der Waals surface area contributed by atoms with E-state index in [1.54, 1.807) is 13.4 Å². The number of nitrogens with one attached hydrogen (secondary N) is 2. The molecule has 0 spiro atoms. The van der Waals surface area contributed by atoms with Gasteiger partial charge in [0.05, 0.1) is 12.2 Å². The number of carbonyl (C=O) groups is 1. The van der Waals surface area contributed by atoms with Crippen LogP contribution < -0.4 is 10.6 Å². The van der Waals surface area contributed by atoms with Crippen molar-refractivity contribution in [2.24, 2.45) is 0 Å². The Morgan fingerprint density at radius 3 is 2.84 bits per heavy atom. The first-order chi connectivity index (χ1) is 8.70. The van der Waals surface area contributed by atoms with Gasteiger partial charge >= 0.3 is 0 Å². The Morgan fingerprint density at radius 1 is 1.42 bits per heavy atom. The van der Waals surface area contributed by atoms with E-state index in [1.807, 2.05) is 35.8 Å². The number of hydrogen-bond donors (Lipinski definition) is 2. The highest BCUT2D eigenvalue weighted by atomic mass is 35.5. The minimum atomic E-state index is -0.0740. The zero-order valence-corrected chi connectivity index (χ0v) is 11.6. The number of benzene rings is 1. The predicted octanol–water partition coefficient (Wildman–Crippen LogP) is 1.16. The SMILES string of the molecule is CNCC(=O)Nc1cccc(-n2cnnc2C)c1.Cl. The molecule has 1 aromatic heterocycles. The molecule has 0 saturated heterocycles. The lowest BCUT2D eigenvalue weighted by Gasteiger charge is -2.08. The van der Waals surface area contributed by atoms with E-state index in [9.17, 15) is 4.79 Å². The van der Waals surface area contributed by atoms with Crippen molar-refractivity contribution in [2.45, 2.75) is 6.92 Å². The van der Waals surface area contributed by atoms with Crippen LogP contribution in [-0.4, -0.2) is 34.3 Å². The molecule has 0 radical (unpaired) electrons. The number of likely N-dealkylation sites (N-methyl/N-ethyl adjacent to an activating group) is 1. The maximum Gasteiger partial charge on any atom is 0.238 e.